The highest BCUT2D eigenvalue weighted by molar-refractivity contribution is 7.89. The molecule has 0 spiro atoms. The van der Waals surface area contributed by atoms with E-state index in [0.717, 1.165) is 81.7 Å². The second-order valence-electron chi connectivity index (χ2n) is 11.4. The van der Waals surface area contributed by atoms with E-state index in [1.54, 1.807) is 12.1 Å². The van der Waals surface area contributed by atoms with Crippen molar-refractivity contribution in [3.8, 4) is 0 Å². The maximum absolute atomic E-state index is 13.9. The van der Waals surface area contributed by atoms with E-state index in [9.17, 15) is 18.0 Å². The number of thiophene rings is 1. The predicted octanol–water partition coefficient (Wildman–Crippen LogP) is 6.00. The molecule has 1 N–H and O–H groups in total. The van der Waals surface area contributed by atoms with E-state index in [1.807, 2.05) is 36.9 Å². The van der Waals surface area contributed by atoms with Crippen LogP contribution in [-0.2, 0) is 29.5 Å². The van der Waals surface area contributed by atoms with Gasteiger partial charge in [-0.15, -0.1) is 11.3 Å². The van der Waals surface area contributed by atoms with Crippen LogP contribution < -0.4 is 5.32 Å². The minimum Gasteiger partial charge on any atom is -0.339 e. The van der Waals surface area contributed by atoms with Crippen LogP contribution in [0.15, 0.2) is 59.5 Å². The van der Waals surface area contributed by atoms with Crippen LogP contribution in [0.25, 0.3) is 0 Å². The number of carbonyl (C=O) groups excluding carboxylic acids is 2. The number of likely N-dealkylation sites (tertiary alicyclic amines) is 1. The summed E-state index contributed by atoms with van der Waals surface area (Å²) in [6.07, 6.45) is 5.33. The molecule has 43 heavy (non-hydrogen) atoms. The average molecular weight is 623 g/mol. The number of nitrogens with zero attached hydrogens (tertiary/aromatic N) is 3. The molecule has 2 aromatic carbocycles. The molecule has 0 saturated carbocycles. The van der Waals surface area contributed by atoms with Crippen LogP contribution in [0.1, 0.15) is 82.7 Å². The first-order chi connectivity index (χ1) is 20.8. The topological polar surface area (TPSA) is 90.0 Å². The van der Waals surface area contributed by atoms with Gasteiger partial charge in [0.05, 0.1) is 10.5 Å². The van der Waals surface area contributed by atoms with Crippen molar-refractivity contribution in [2.45, 2.75) is 70.4 Å². The first kappa shape index (κ1) is 31.4. The third-order valence-electron chi connectivity index (χ3n) is 8.17. The largest absolute Gasteiger partial charge is 0.339 e. The van der Waals surface area contributed by atoms with E-state index in [1.165, 1.54) is 33.3 Å². The minimum atomic E-state index is -3.64. The molecule has 3 heterocycles. The van der Waals surface area contributed by atoms with Crippen LogP contribution in [0, 0.1) is 0 Å². The molecule has 10 heteroatoms. The number of carbonyl (C=O) groups is 2. The first-order valence-corrected chi connectivity index (χ1v) is 17.7. The summed E-state index contributed by atoms with van der Waals surface area (Å²) in [7, 11) is -3.64. The zero-order valence-corrected chi connectivity index (χ0v) is 26.8. The fraction of sp³-hybridized carbons (Fsp3) is 0.455. The fourth-order valence-corrected chi connectivity index (χ4v) is 8.86. The van der Waals surface area contributed by atoms with Gasteiger partial charge in [-0.05, 0) is 73.9 Å². The highest BCUT2D eigenvalue weighted by atomic mass is 32.2. The fourth-order valence-electron chi connectivity index (χ4n) is 5.96. The number of benzene rings is 2. The van der Waals surface area contributed by atoms with Gasteiger partial charge < -0.3 is 10.2 Å². The van der Waals surface area contributed by atoms with Crippen molar-refractivity contribution < 1.29 is 18.0 Å². The SMILES string of the molecule is CCCN(CCC)S(=O)(=O)c1ccc(C(=O)Nc2sc3c(c2C(=O)N2CCCCC2)CCN(Cc2ccccc2)C3)cc1. The van der Waals surface area contributed by atoms with Gasteiger partial charge in [0.15, 0.2) is 0 Å². The summed E-state index contributed by atoms with van der Waals surface area (Å²) in [6, 6.07) is 16.5. The number of rotatable bonds is 11. The summed E-state index contributed by atoms with van der Waals surface area (Å²) < 4.78 is 27.9. The zero-order valence-electron chi connectivity index (χ0n) is 25.2. The first-order valence-electron chi connectivity index (χ1n) is 15.4. The molecule has 1 saturated heterocycles. The van der Waals surface area contributed by atoms with Gasteiger partial charge in [-0.3, -0.25) is 14.5 Å². The molecule has 2 aliphatic rings. The molecule has 5 rings (SSSR count). The Morgan fingerprint density at radius 1 is 0.907 bits per heavy atom. The van der Waals surface area contributed by atoms with Crippen molar-refractivity contribution in [2.24, 2.45) is 0 Å². The van der Waals surface area contributed by atoms with E-state index in [4.69, 9.17) is 0 Å². The number of fused-ring (bicyclic) bond motifs is 1. The van der Waals surface area contributed by atoms with E-state index in [-0.39, 0.29) is 16.7 Å². The van der Waals surface area contributed by atoms with Gasteiger partial charge in [0.2, 0.25) is 10.0 Å². The normalized spacial score (nSPS) is 15.8. The Hall–Kier alpha value is -3.05. The van der Waals surface area contributed by atoms with Crippen LogP contribution in [0.4, 0.5) is 5.00 Å². The van der Waals surface area contributed by atoms with Crippen molar-refractivity contribution in [3.05, 3.63) is 81.7 Å². The summed E-state index contributed by atoms with van der Waals surface area (Å²) in [4.78, 5) is 33.0. The van der Waals surface area contributed by atoms with Crippen molar-refractivity contribution >= 4 is 38.2 Å². The lowest BCUT2D eigenvalue weighted by Gasteiger charge is -2.29. The number of amides is 2. The average Bonchev–Trinajstić information content (AvgIpc) is 3.38. The van der Waals surface area contributed by atoms with Gasteiger partial charge in [0.25, 0.3) is 11.8 Å². The molecule has 0 radical (unpaired) electrons. The summed E-state index contributed by atoms with van der Waals surface area (Å²) in [5.41, 5.74) is 3.28. The second-order valence-corrected chi connectivity index (χ2v) is 14.4. The lowest BCUT2D eigenvalue weighted by Crippen LogP contribution is -2.37. The van der Waals surface area contributed by atoms with Crippen LogP contribution in [0.2, 0.25) is 0 Å². The Morgan fingerprint density at radius 2 is 1.58 bits per heavy atom. The molecule has 0 bridgehead atoms. The Labute approximate surface area is 259 Å². The van der Waals surface area contributed by atoms with Gasteiger partial charge in [0.1, 0.15) is 5.00 Å². The van der Waals surface area contributed by atoms with Crippen LogP contribution in [0.3, 0.4) is 0 Å². The number of anilines is 1. The lowest BCUT2D eigenvalue weighted by molar-refractivity contribution is 0.0724. The summed E-state index contributed by atoms with van der Waals surface area (Å²) >= 11 is 1.49. The highest BCUT2D eigenvalue weighted by Crippen LogP contribution is 2.39. The molecule has 3 aromatic rings. The number of hydrogen-bond acceptors (Lipinski definition) is 6. The molecular weight excluding hydrogens is 581 g/mol. The van der Waals surface area contributed by atoms with Crippen molar-refractivity contribution in [1.82, 2.24) is 14.1 Å². The molecule has 1 fully saturated rings. The van der Waals surface area contributed by atoms with Crippen LogP contribution >= 0.6 is 11.3 Å². The number of hydrogen-bond donors (Lipinski definition) is 1. The molecule has 2 amide bonds. The Bertz CT molecular complexity index is 1510. The Morgan fingerprint density at radius 3 is 2.23 bits per heavy atom. The molecule has 8 nitrogen and oxygen atoms in total. The Kier molecular flexibility index (Phi) is 10.3. The number of nitrogens with one attached hydrogen (secondary N) is 1. The second kappa shape index (κ2) is 14.2. The molecule has 0 aliphatic carbocycles. The molecule has 2 aliphatic heterocycles. The molecule has 1 aromatic heterocycles. The summed E-state index contributed by atoms with van der Waals surface area (Å²) in [5, 5.41) is 3.63. The molecular formula is C33H42N4O4S2. The predicted molar refractivity (Wildman–Crippen MR) is 172 cm³/mol. The van der Waals surface area contributed by atoms with E-state index < -0.39 is 10.0 Å². The quantitative estimate of drug-likeness (QED) is 0.284. The standard InChI is InChI=1S/C33H42N4O4S2/c1-3-18-37(19-4-2)43(40,41)27-15-13-26(14-16-27)31(38)34-32-30(33(39)36-20-9-6-10-21-36)28-17-22-35(24-29(28)42-32)23-25-11-7-5-8-12-25/h5,7-8,11-16H,3-4,6,9-10,17-24H2,1-2H3,(H,34,38). The number of piperidine rings is 1. The van der Waals surface area contributed by atoms with Crippen LogP contribution in [0.5, 0.6) is 0 Å². The van der Waals surface area contributed by atoms with Crippen molar-refractivity contribution in [1.29, 1.82) is 0 Å². The molecule has 0 unspecified atom stereocenters. The lowest BCUT2D eigenvalue weighted by atomic mass is 10.00. The van der Waals surface area contributed by atoms with Gasteiger partial charge in [-0.25, -0.2) is 8.42 Å². The summed E-state index contributed by atoms with van der Waals surface area (Å²) in [5.74, 6) is -0.354. The number of sulfonamides is 1. The van der Waals surface area contributed by atoms with Crippen LogP contribution in [-0.4, -0.2) is 67.1 Å². The van der Waals surface area contributed by atoms with E-state index in [0.29, 0.717) is 29.2 Å². The summed E-state index contributed by atoms with van der Waals surface area (Å²) in [6.45, 7) is 8.70. The zero-order chi connectivity index (χ0) is 30.4. The third-order valence-corrected chi connectivity index (χ3v) is 11.2. The monoisotopic (exact) mass is 622 g/mol. The third kappa shape index (κ3) is 7.20. The Balaban J connectivity index is 1.38. The highest BCUT2D eigenvalue weighted by Gasteiger charge is 2.32. The van der Waals surface area contributed by atoms with Gasteiger partial charge in [-0.2, -0.15) is 4.31 Å². The van der Waals surface area contributed by atoms with Gasteiger partial charge >= 0.3 is 0 Å². The van der Waals surface area contributed by atoms with Gasteiger partial charge in [-0.1, -0.05) is 44.2 Å². The maximum atomic E-state index is 13.9. The van der Waals surface area contributed by atoms with E-state index in [2.05, 4.69) is 22.3 Å². The van der Waals surface area contributed by atoms with E-state index >= 15 is 0 Å². The van der Waals surface area contributed by atoms with Crippen molar-refractivity contribution in [3.63, 3.8) is 0 Å². The smallest absolute Gasteiger partial charge is 0.257 e. The van der Waals surface area contributed by atoms with Gasteiger partial charge in [0, 0.05) is 56.3 Å². The minimum absolute atomic E-state index is 0.00242. The molecule has 230 valence electrons. The molecule has 0 atom stereocenters. The van der Waals surface area contributed by atoms with Crippen molar-refractivity contribution in [2.75, 3.05) is 38.0 Å². The maximum Gasteiger partial charge on any atom is 0.257 e.